The van der Waals surface area contributed by atoms with E-state index in [2.05, 4.69) is 6.58 Å². The van der Waals surface area contributed by atoms with Gasteiger partial charge in [-0.15, -0.1) is 6.58 Å². The lowest BCUT2D eigenvalue weighted by Crippen LogP contribution is -2.10. The Hall–Kier alpha value is -0.150. The molecule has 0 spiro atoms. The number of phosphoric acid groups is 1. The monoisotopic (exact) mass is 178 g/mol. The summed E-state index contributed by atoms with van der Waals surface area (Å²) in [6.45, 7) is 4.49. The van der Waals surface area contributed by atoms with E-state index in [0.717, 1.165) is 6.42 Å². The third kappa shape index (κ3) is 2.75. The molecule has 1 aliphatic rings. The third-order valence-corrected chi connectivity index (χ3v) is 2.60. The van der Waals surface area contributed by atoms with Crippen LogP contribution in [0.5, 0.6) is 0 Å². The van der Waals surface area contributed by atoms with Crippen LogP contribution in [0.15, 0.2) is 12.7 Å². The standard InChI is InChI=1S/C6H11O4P/c1-2-4-8-11(7)9-5-3-6-10-11/h2H,1,3-6H2. The van der Waals surface area contributed by atoms with Crippen molar-refractivity contribution in [1.29, 1.82) is 0 Å². The van der Waals surface area contributed by atoms with Crippen LogP contribution in [0.2, 0.25) is 0 Å². The van der Waals surface area contributed by atoms with Crippen LogP contribution in [-0.4, -0.2) is 19.8 Å². The Balaban J connectivity index is 2.37. The molecule has 0 aliphatic carbocycles. The van der Waals surface area contributed by atoms with Gasteiger partial charge in [-0.2, -0.15) is 0 Å². The van der Waals surface area contributed by atoms with Crippen molar-refractivity contribution in [3.63, 3.8) is 0 Å². The molecule has 1 heterocycles. The van der Waals surface area contributed by atoms with E-state index >= 15 is 0 Å². The molecular weight excluding hydrogens is 167 g/mol. The molecule has 0 aromatic heterocycles. The van der Waals surface area contributed by atoms with Crippen LogP contribution in [0.25, 0.3) is 0 Å². The predicted molar refractivity (Wildman–Crippen MR) is 40.3 cm³/mol. The minimum absolute atomic E-state index is 0.192. The van der Waals surface area contributed by atoms with Gasteiger partial charge >= 0.3 is 7.82 Å². The van der Waals surface area contributed by atoms with Gasteiger partial charge in [0.2, 0.25) is 0 Å². The first-order valence-corrected chi connectivity index (χ1v) is 4.87. The number of hydrogen-bond donors (Lipinski definition) is 0. The van der Waals surface area contributed by atoms with Crippen LogP contribution >= 0.6 is 7.82 Å². The van der Waals surface area contributed by atoms with Crippen molar-refractivity contribution in [1.82, 2.24) is 0 Å². The second-order valence-electron chi connectivity index (χ2n) is 2.05. The molecule has 0 bridgehead atoms. The highest BCUT2D eigenvalue weighted by Gasteiger charge is 2.28. The SMILES string of the molecule is C=CCOP1(=O)OCCCO1. The Morgan fingerprint density at radius 2 is 2.18 bits per heavy atom. The van der Waals surface area contributed by atoms with E-state index in [1.54, 1.807) is 0 Å². The Bertz CT molecular complexity index is 169. The maximum atomic E-state index is 11.3. The van der Waals surface area contributed by atoms with Gasteiger partial charge in [-0.1, -0.05) is 6.08 Å². The molecule has 0 amide bonds. The molecule has 0 aromatic carbocycles. The van der Waals surface area contributed by atoms with Crippen molar-refractivity contribution >= 4 is 7.82 Å². The highest BCUT2D eigenvalue weighted by atomic mass is 31.2. The minimum Gasteiger partial charge on any atom is -0.287 e. The molecule has 0 atom stereocenters. The summed E-state index contributed by atoms with van der Waals surface area (Å²) in [5.41, 5.74) is 0. The summed E-state index contributed by atoms with van der Waals surface area (Å²) < 4.78 is 25.8. The molecule has 4 nitrogen and oxygen atoms in total. The molecule has 1 rings (SSSR count). The first kappa shape index (κ1) is 8.94. The lowest BCUT2D eigenvalue weighted by molar-refractivity contribution is 0.0810. The maximum absolute atomic E-state index is 11.3. The first-order chi connectivity index (χ1) is 5.27. The van der Waals surface area contributed by atoms with Gasteiger partial charge in [0.05, 0.1) is 19.8 Å². The molecule has 0 unspecified atom stereocenters. The van der Waals surface area contributed by atoms with Gasteiger partial charge in [0, 0.05) is 0 Å². The average Bonchev–Trinajstić information content (AvgIpc) is 2.03. The van der Waals surface area contributed by atoms with Crippen molar-refractivity contribution in [2.24, 2.45) is 0 Å². The van der Waals surface area contributed by atoms with Crippen molar-refractivity contribution in [3.8, 4) is 0 Å². The smallest absolute Gasteiger partial charge is 0.287 e. The van der Waals surface area contributed by atoms with Gasteiger partial charge in [-0.25, -0.2) is 4.57 Å². The lowest BCUT2D eigenvalue weighted by Gasteiger charge is -2.20. The minimum atomic E-state index is -3.20. The van der Waals surface area contributed by atoms with E-state index in [0.29, 0.717) is 13.2 Å². The largest absolute Gasteiger partial charge is 0.475 e. The summed E-state index contributed by atoms with van der Waals surface area (Å²) in [7, 11) is -3.20. The molecule has 64 valence electrons. The Kier molecular flexibility index (Phi) is 3.27. The third-order valence-electron chi connectivity index (χ3n) is 1.14. The van der Waals surface area contributed by atoms with Gasteiger partial charge in [0.25, 0.3) is 0 Å². The normalized spacial score (nSPS) is 22.9. The van der Waals surface area contributed by atoms with Crippen LogP contribution < -0.4 is 0 Å². The number of hydrogen-bond acceptors (Lipinski definition) is 4. The highest BCUT2D eigenvalue weighted by molar-refractivity contribution is 7.48. The number of phosphoric ester groups is 1. The second kappa shape index (κ2) is 4.02. The molecule has 5 heteroatoms. The van der Waals surface area contributed by atoms with Gasteiger partial charge in [-0.3, -0.25) is 13.6 Å². The molecule has 11 heavy (non-hydrogen) atoms. The Labute approximate surface area is 65.8 Å². The van der Waals surface area contributed by atoms with Gasteiger partial charge < -0.3 is 0 Å². The van der Waals surface area contributed by atoms with E-state index in [1.165, 1.54) is 6.08 Å². The zero-order chi connectivity index (χ0) is 8.16. The van der Waals surface area contributed by atoms with Gasteiger partial charge in [-0.05, 0) is 6.42 Å². The topological polar surface area (TPSA) is 44.8 Å². The fourth-order valence-electron chi connectivity index (χ4n) is 0.667. The zero-order valence-electron chi connectivity index (χ0n) is 6.19. The summed E-state index contributed by atoms with van der Waals surface area (Å²) in [4.78, 5) is 0. The average molecular weight is 178 g/mol. The fourth-order valence-corrected chi connectivity index (χ4v) is 1.88. The number of rotatable bonds is 3. The summed E-state index contributed by atoms with van der Waals surface area (Å²) >= 11 is 0. The first-order valence-electron chi connectivity index (χ1n) is 3.41. The van der Waals surface area contributed by atoms with Crippen LogP contribution in [0, 0.1) is 0 Å². The van der Waals surface area contributed by atoms with Crippen molar-refractivity contribution in [2.75, 3.05) is 19.8 Å². The summed E-state index contributed by atoms with van der Waals surface area (Å²) in [5, 5.41) is 0. The quantitative estimate of drug-likeness (QED) is 0.487. The van der Waals surface area contributed by atoms with Crippen molar-refractivity contribution in [3.05, 3.63) is 12.7 Å². The van der Waals surface area contributed by atoms with E-state index in [9.17, 15) is 4.57 Å². The molecule has 0 saturated carbocycles. The Morgan fingerprint density at radius 3 is 2.73 bits per heavy atom. The van der Waals surface area contributed by atoms with E-state index in [1.807, 2.05) is 0 Å². The van der Waals surface area contributed by atoms with Crippen molar-refractivity contribution in [2.45, 2.75) is 6.42 Å². The van der Waals surface area contributed by atoms with Crippen LogP contribution in [0.1, 0.15) is 6.42 Å². The van der Waals surface area contributed by atoms with Crippen LogP contribution in [-0.2, 0) is 18.1 Å². The van der Waals surface area contributed by atoms with Crippen LogP contribution in [0.3, 0.4) is 0 Å². The molecule has 1 aliphatic heterocycles. The van der Waals surface area contributed by atoms with Gasteiger partial charge in [0.15, 0.2) is 0 Å². The molecular formula is C6H11O4P. The van der Waals surface area contributed by atoms with E-state index in [-0.39, 0.29) is 6.61 Å². The Morgan fingerprint density at radius 1 is 1.55 bits per heavy atom. The molecule has 1 fully saturated rings. The van der Waals surface area contributed by atoms with E-state index in [4.69, 9.17) is 13.6 Å². The summed E-state index contributed by atoms with van der Waals surface area (Å²) in [5.74, 6) is 0. The maximum Gasteiger partial charge on any atom is 0.475 e. The summed E-state index contributed by atoms with van der Waals surface area (Å²) in [6.07, 6.45) is 2.27. The fraction of sp³-hybridized carbons (Fsp3) is 0.667. The predicted octanol–water partition coefficient (Wildman–Crippen LogP) is 1.73. The van der Waals surface area contributed by atoms with Gasteiger partial charge in [0.1, 0.15) is 0 Å². The van der Waals surface area contributed by atoms with Crippen molar-refractivity contribution < 1.29 is 18.1 Å². The molecule has 0 aromatic rings. The molecule has 0 N–H and O–H groups in total. The summed E-state index contributed by atoms with van der Waals surface area (Å²) in [6, 6.07) is 0. The second-order valence-corrected chi connectivity index (χ2v) is 3.72. The molecule has 0 radical (unpaired) electrons. The van der Waals surface area contributed by atoms with E-state index < -0.39 is 7.82 Å². The highest BCUT2D eigenvalue weighted by Crippen LogP contribution is 2.51. The lowest BCUT2D eigenvalue weighted by atomic mass is 10.5. The van der Waals surface area contributed by atoms with Crippen LogP contribution in [0.4, 0.5) is 0 Å². The zero-order valence-corrected chi connectivity index (χ0v) is 7.09. The molecule has 1 saturated heterocycles.